The van der Waals surface area contributed by atoms with Crippen LogP contribution < -0.4 is 5.73 Å². The summed E-state index contributed by atoms with van der Waals surface area (Å²) >= 11 is 0. The maximum absolute atomic E-state index is 10.8. The van der Waals surface area contributed by atoms with Gasteiger partial charge in [-0.2, -0.15) is 0 Å². The highest BCUT2D eigenvalue weighted by Crippen LogP contribution is 2.23. The summed E-state index contributed by atoms with van der Waals surface area (Å²) in [6, 6.07) is 5.01. The molecule has 0 unspecified atom stereocenters. The van der Waals surface area contributed by atoms with Crippen LogP contribution >= 0.6 is 0 Å². The summed E-state index contributed by atoms with van der Waals surface area (Å²) in [5, 5.41) is 10.8. The van der Waals surface area contributed by atoms with Crippen LogP contribution in [-0.4, -0.2) is 46.4 Å². The van der Waals surface area contributed by atoms with Gasteiger partial charge >= 0.3 is 0 Å². The van der Waals surface area contributed by atoms with Crippen molar-refractivity contribution in [2.75, 3.05) is 31.9 Å². The average Bonchev–Trinajstić information content (AvgIpc) is 2.38. The predicted molar refractivity (Wildman–Crippen MR) is 84.1 cm³/mol. The van der Waals surface area contributed by atoms with E-state index in [4.69, 9.17) is 5.73 Å². The third kappa shape index (κ3) is 3.92. The highest BCUT2D eigenvalue weighted by Gasteiger charge is 2.25. The van der Waals surface area contributed by atoms with E-state index >= 15 is 0 Å². The van der Waals surface area contributed by atoms with Crippen molar-refractivity contribution in [2.45, 2.75) is 32.9 Å². The van der Waals surface area contributed by atoms with Crippen LogP contribution in [0.4, 0.5) is 11.4 Å². The molecule has 1 aliphatic rings. The Morgan fingerprint density at radius 1 is 1.24 bits per heavy atom. The van der Waals surface area contributed by atoms with E-state index in [1.54, 1.807) is 12.1 Å². The van der Waals surface area contributed by atoms with Gasteiger partial charge in [-0.1, -0.05) is 6.07 Å². The van der Waals surface area contributed by atoms with Crippen molar-refractivity contribution >= 4 is 11.4 Å². The number of nitrogen functional groups attached to an aromatic ring is 1. The van der Waals surface area contributed by atoms with E-state index in [2.05, 4.69) is 30.6 Å². The first-order valence-corrected chi connectivity index (χ1v) is 7.27. The third-order valence-corrected chi connectivity index (χ3v) is 4.02. The summed E-state index contributed by atoms with van der Waals surface area (Å²) in [5.74, 6) is 0. The Balaban J connectivity index is 1.95. The zero-order valence-corrected chi connectivity index (χ0v) is 13.0. The van der Waals surface area contributed by atoms with E-state index in [0.717, 1.165) is 38.3 Å². The molecule has 21 heavy (non-hydrogen) atoms. The molecule has 1 aromatic carbocycles. The van der Waals surface area contributed by atoms with Gasteiger partial charge in [0.1, 0.15) is 5.69 Å². The first-order valence-electron chi connectivity index (χ1n) is 7.27. The molecule has 0 aromatic heterocycles. The van der Waals surface area contributed by atoms with Gasteiger partial charge in [0.05, 0.1) is 4.92 Å². The van der Waals surface area contributed by atoms with Gasteiger partial charge in [-0.3, -0.25) is 19.9 Å². The first kappa shape index (κ1) is 15.7. The lowest BCUT2D eigenvalue weighted by molar-refractivity contribution is -0.383. The molecule has 1 aliphatic heterocycles. The van der Waals surface area contributed by atoms with Gasteiger partial charge < -0.3 is 5.73 Å². The lowest BCUT2D eigenvalue weighted by Gasteiger charge is -2.42. The Kier molecular flexibility index (Phi) is 4.49. The zero-order valence-electron chi connectivity index (χ0n) is 13.0. The fourth-order valence-corrected chi connectivity index (χ4v) is 2.70. The number of hydrogen-bond acceptors (Lipinski definition) is 5. The largest absolute Gasteiger partial charge is 0.393 e. The number of anilines is 1. The fraction of sp³-hybridized carbons (Fsp3) is 0.600. The summed E-state index contributed by atoms with van der Waals surface area (Å²) in [5.41, 5.74) is 7.20. The van der Waals surface area contributed by atoms with Crippen molar-refractivity contribution < 1.29 is 4.92 Å². The van der Waals surface area contributed by atoms with Crippen LogP contribution in [-0.2, 0) is 6.54 Å². The number of benzene rings is 1. The molecule has 2 rings (SSSR count). The lowest BCUT2D eigenvalue weighted by Crippen LogP contribution is -2.53. The van der Waals surface area contributed by atoms with Crippen LogP contribution in [0.5, 0.6) is 0 Å². The minimum Gasteiger partial charge on any atom is -0.393 e. The molecule has 0 atom stereocenters. The second kappa shape index (κ2) is 5.99. The molecule has 6 heteroatoms. The number of hydrogen-bond donors (Lipinski definition) is 1. The van der Waals surface area contributed by atoms with Gasteiger partial charge in [0.2, 0.25) is 0 Å². The lowest BCUT2D eigenvalue weighted by atomic mass is 10.0. The Bertz CT molecular complexity index is 517. The maximum atomic E-state index is 10.8. The number of nitro groups is 1. The van der Waals surface area contributed by atoms with E-state index in [1.165, 1.54) is 6.07 Å². The Labute approximate surface area is 125 Å². The number of piperazine rings is 1. The first-order chi connectivity index (χ1) is 9.77. The maximum Gasteiger partial charge on any atom is 0.292 e. The van der Waals surface area contributed by atoms with E-state index in [9.17, 15) is 10.1 Å². The van der Waals surface area contributed by atoms with Crippen LogP contribution in [0.1, 0.15) is 26.3 Å². The smallest absolute Gasteiger partial charge is 0.292 e. The summed E-state index contributed by atoms with van der Waals surface area (Å²) in [4.78, 5) is 15.2. The molecule has 0 spiro atoms. The molecule has 116 valence electrons. The number of rotatable bonds is 3. The van der Waals surface area contributed by atoms with Crippen molar-refractivity contribution in [3.05, 3.63) is 33.9 Å². The Morgan fingerprint density at radius 2 is 1.86 bits per heavy atom. The number of nitro benzene ring substituents is 1. The topological polar surface area (TPSA) is 75.6 Å². The second-order valence-corrected chi connectivity index (χ2v) is 6.58. The van der Waals surface area contributed by atoms with Crippen molar-refractivity contribution in [3.63, 3.8) is 0 Å². The van der Waals surface area contributed by atoms with Gasteiger partial charge in [-0.25, -0.2) is 0 Å². The van der Waals surface area contributed by atoms with E-state index in [0.29, 0.717) is 0 Å². The quantitative estimate of drug-likeness (QED) is 0.524. The van der Waals surface area contributed by atoms with Crippen LogP contribution in [0, 0.1) is 10.1 Å². The summed E-state index contributed by atoms with van der Waals surface area (Å²) in [6.07, 6.45) is 0. The van der Waals surface area contributed by atoms with E-state index in [1.807, 2.05) is 0 Å². The third-order valence-electron chi connectivity index (χ3n) is 4.02. The second-order valence-electron chi connectivity index (χ2n) is 6.58. The normalized spacial score (nSPS) is 17.9. The molecule has 0 aliphatic carbocycles. The van der Waals surface area contributed by atoms with Crippen molar-refractivity contribution in [2.24, 2.45) is 0 Å². The molecule has 0 bridgehead atoms. The Morgan fingerprint density at radius 3 is 2.33 bits per heavy atom. The van der Waals surface area contributed by atoms with Gasteiger partial charge in [0.15, 0.2) is 0 Å². The molecule has 2 N–H and O–H groups in total. The van der Waals surface area contributed by atoms with E-state index in [-0.39, 0.29) is 16.9 Å². The molecular weight excluding hydrogens is 268 g/mol. The van der Waals surface area contributed by atoms with Crippen molar-refractivity contribution in [3.8, 4) is 0 Å². The molecule has 6 nitrogen and oxygen atoms in total. The predicted octanol–water partition coefficient (Wildman–Crippen LogP) is 2.09. The monoisotopic (exact) mass is 292 g/mol. The number of nitrogens with two attached hydrogens (primary N) is 1. The highest BCUT2D eigenvalue weighted by atomic mass is 16.6. The van der Waals surface area contributed by atoms with Crippen LogP contribution in [0.25, 0.3) is 0 Å². The molecule has 0 radical (unpaired) electrons. The van der Waals surface area contributed by atoms with Crippen LogP contribution in [0.3, 0.4) is 0 Å². The molecule has 1 fully saturated rings. The minimum atomic E-state index is -0.443. The molecule has 0 saturated carbocycles. The molecule has 0 amide bonds. The van der Waals surface area contributed by atoms with Gasteiger partial charge in [-0.05, 0) is 32.4 Å². The van der Waals surface area contributed by atoms with Crippen molar-refractivity contribution in [1.29, 1.82) is 0 Å². The van der Waals surface area contributed by atoms with Crippen molar-refractivity contribution in [1.82, 2.24) is 9.80 Å². The number of nitrogens with zero attached hydrogens (tertiary/aromatic N) is 3. The summed E-state index contributed by atoms with van der Waals surface area (Å²) in [7, 11) is 0. The van der Waals surface area contributed by atoms with Crippen LogP contribution in [0.15, 0.2) is 18.2 Å². The SMILES string of the molecule is CC(C)(C)N1CCN(Cc2ccc([N+](=O)[O-])c(N)c2)CC1. The van der Waals surface area contributed by atoms with Gasteiger partial charge in [-0.15, -0.1) is 0 Å². The average molecular weight is 292 g/mol. The van der Waals surface area contributed by atoms with E-state index < -0.39 is 4.92 Å². The molecule has 1 heterocycles. The minimum absolute atomic E-state index is 0.0173. The van der Waals surface area contributed by atoms with Gasteiger partial charge in [0, 0.05) is 44.3 Å². The fourth-order valence-electron chi connectivity index (χ4n) is 2.70. The molecule has 1 aromatic rings. The van der Waals surface area contributed by atoms with Crippen LogP contribution in [0.2, 0.25) is 0 Å². The summed E-state index contributed by atoms with van der Waals surface area (Å²) < 4.78 is 0. The molecular formula is C15H24N4O2. The standard InChI is InChI=1S/C15H24N4O2/c1-15(2,3)18-8-6-17(7-9-18)11-12-4-5-14(19(20)21)13(16)10-12/h4-5,10H,6-9,11,16H2,1-3H3. The van der Waals surface area contributed by atoms with Gasteiger partial charge in [0.25, 0.3) is 5.69 Å². The highest BCUT2D eigenvalue weighted by molar-refractivity contribution is 5.59. The zero-order chi connectivity index (χ0) is 15.6. The Hall–Kier alpha value is -1.66. The summed E-state index contributed by atoms with van der Waals surface area (Å²) in [6.45, 7) is 11.6. The molecule has 1 saturated heterocycles.